The van der Waals surface area contributed by atoms with E-state index in [9.17, 15) is 0 Å². The van der Waals surface area contributed by atoms with E-state index in [0.717, 1.165) is 33.9 Å². The van der Waals surface area contributed by atoms with Gasteiger partial charge in [0.15, 0.2) is 11.9 Å². The molecule has 4 aromatic rings. The maximum Gasteiger partial charge on any atom is 0.153 e. The molecular formula is C25H26N2O2. The highest BCUT2D eigenvalue weighted by Crippen LogP contribution is 2.25. The number of ether oxygens (including phenoxy) is 2. The highest BCUT2D eigenvalue weighted by Gasteiger charge is 2.18. The van der Waals surface area contributed by atoms with Crippen molar-refractivity contribution in [3.63, 3.8) is 0 Å². The molecule has 1 aromatic heterocycles. The van der Waals surface area contributed by atoms with Gasteiger partial charge >= 0.3 is 0 Å². The Hall–Kier alpha value is -3.27. The maximum absolute atomic E-state index is 6.15. The lowest BCUT2D eigenvalue weighted by Crippen LogP contribution is -2.16. The van der Waals surface area contributed by atoms with Crippen molar-refractivity contribution in [1.29, 1.82) is 0 Å². The molecule has 0 aliphatic heterocycles. The topological polar surface area (TPSA) is 36.3 Å². The number of hydrogen-bond acceptors (Lipinski definition) is 3. The van der Waals surface area contributed by atoms with Gasteiger partial charge in [0.1, 0.15) is 18.1 Å². The molecule has 1 unspecified atom stereocenters. The molecule has 29 heavy (non-hydrogen) atoms. The van der Waals surface area contributed by atoms with Gasteiger partial charge in [0.05, 0.1) is 17.6 Å². The van der Waals surface area contributed by atoms with Gasteiger partial charge in [-0.2, -0.15) is 0 Å². The third-order valence-corrected chi connectivity index (χ3v) is 5.02. The first-order valence-electron chi connectivity index (χ1n) is 9.99. The van der Waals surface area contributed by atoms with Gasteiger partial charge in [-0.25, -0.2) is 4.98 Å². The maximum atomic E-state index is 6.15. The van der Waals surface area contributed by atoms with E-state index in [4.69, 9.17) is 14.5 Å². The lowest BCUT2D eigenvalue weighted by atomic mass is 10.1. The molecule has 0 aliphatic rings. The van der Waals surface area contributed by atoms with Crippen molar-refractivity contribution in [2.75, 3.05) is 6.61 Å². The number of imidazole rings is 1. The number of hydrogen-bond donors (Lipinski definition) is 0. The Morgan fingerprint density at radius 3 is 2.52 bits per heavy atom. The van der Waals surface area contributed by atoms with E-state index in [2.05, 4.69) is 42.7 Å². The molecule has 0 saturated heterocycles. The summed E-state index contributed by atoms with van der Waals surface area (Å²) in [5.41, 5.74) is 4.41. The fourth-order valence-corrected chi connectivity index (χ4v) is 3.51. The summed E-state index contributed by atoms with van der Waals surface area (Å²) < 4.78 is 14.5. The van der Waals surface area contributed by atoms with Crippen LogP contribution in [0.3, 0.4) is 0 Å². The van der Waals surface area contributed by atoms with Crippen LogP contribution in [0.1, 0.15) is 30.0 Å². The minimum absolute atomic E-state index is 0.175. The average Bonchev–Trinajstić information content (AvgIpc) is 3.10. The Bertz CT molecular complexity index is 1100. The van der Waals surface area contributed by atoms with E-state index in [-0.39, 0.29) is 6.10 Å². The summed E-state index contributed by atoms with van der Waals surface area (Å²) in [6, 6.07) is 24.3. The summed E-state index contributed by atoms with van der Waals surface area (Å²) in [5, 5.41) is 0. The Morgan fingerprint density at radius 1 is 0.931 bits per heavy atom. The molecule has 0 amide bonds. The summed E-state index contributed by atoms with van der Waals surface area (Å²) >= 11 is 0. The summed E-state index contributed by atoms with van der Waals surface area (Å²) in [7, 11) is 0. The molecule has 0 spiro atoms. The van der Waals surface area contributed by atoms with Crippen LogP contribution in [0.4, 0.5) is 0 Å². The lowest BCUT2D eigenvalue weighted by molar-refractivity contribution is 0.207. The number of aromatic nitrogens is 2. The summed E-state index contributed by atoms with van der Waals surface area (Å²) in [5.74, 6) is 2.68. The number of fused-ring (bicyclic) bond motifs is 1. The van der Waals surface area contributed by atoms with E-state index in [1.807, 2.05) is 55.5 Å². The van der Waals surface area contributed by atoms with Gasteiger partial charge in [-0.3, -0.25) is 0 Å². The smallest absolute Gasteiger partial charge is 0.153 e. The standard InChI is InChI=1S/C25H26N2O2/c1-18-13-14-19(2)24(17-18)28-16-15-27-23-12-8-7-11-22(23)26-25(27)20(3)29-21-9-5-4-6-10-21/h4-14,17,20H,15-16H2,1-3H3. The number of rotatable bonds is 7. The minimum atomic E-state index is -0.175. The summed E-state index contributed by atoms with van der Waals surface area (Å²) in [4.78, 5) is 4.85. The Labute approximate surface area is 171 Å². The molecule has 0 fully saturated rings. The predicted molar refractivity (Wildman–Crippen MR) is 117 cm³/mol. The molecule has 0 bridgehead atoms. The van der Waals surface area contributed by atoms with Crippen LogP contribution in [0, 0.1) is 13.8 Å². The van der Waals surface area contributed by atoms with Crippen molar-refractivity contribution in [2.24, 2.45) is 0 Å². The Balaban J connectivity index is 1.57. The Kier molecular flexibility index (Phi) is 5.52. The van der Waals surface area contributed by atoms with E-state index in [1.54, 1.807) is 0 Å². The quantitative estimate of drug-likeness (QED) is 0.398. The molecule has 148 valence electrons. The van der Waals surface area contributed by atoms with Gasteiger partial charge in [0.25, 0.3) is 0 Å². The molecule has 1 atom stereocenters. The molecule has 0 aliphatic carbocycles. The zero-order chi connectivity index (χ0) is 20.2. The highest BCUT2D eigenvalue weighted by atomic mass is 16.5. The van der Waals surface area contributed by atoms with Crippen LogP contribution in [0.25, 0.3) is 11.0 Å². The summed E-state index contributed by atoms with van der Waals surface area (Å²) in [6.45, 7) is 7.46. The van der Waals surface area contributed by atoms with Crippen LogP contribution in [-0.2, 0) is 6.54 Å². The normalized spacial score (nSPS) is 12.1. The molecule has 3 aromatic carbocycles. The second-order valence-corrected chi connectivity index (χ2v) is 7.30. The van der Waals surface area contributed by atoms with Gasteiger partial charge in [-0.15, -0.1) is 0 Å². The van der Waals surface area contributed by atoms with E-state index in [1.165, 1.54) is 5.56 Å². The number of para-hydroxylation sites is 3. The molecule has 4 nitrogen and oxygen atoms in total. The average molecular weight is 386 g/mol. The molecule has 0 radical (unpaired) electrons. The van der Waals surface area contributed by atoms with Crippen molar-refractivity contribution in [3.05, 3.63) is 89.7 Å². The SMILES string of the molecule is Cc1ccc(C)c(OCCn2c(C(C)Oc3ccccc3)nc3ccccc32)c1. The van der Waals surface area contributed by atoms with Crippen LogP contribution < -0.4 is 9.47 Å². The van der Waals surface area contributed by atoms with E-state index >= 15 is 0 Å². The lowest BCUT2D eigenvalue weighted by Gasteiger charge is -2.17. The number of nitrogens with zero attached hydrogens (tertiary/aromatic N) is 2. The molecule has 0 N–H and O–H groups in total. The zero-order valence-corrected chi connectivity index (χ0v) is 17.1. The van der Waals surface area contributed by atoms with Crippen LogP contribution in [0.5, 0.6) is 11.5 Å². The minimum Gasteiger partial charge on any atom is -0.491 e. The monoisotopic (exact) mass is 386 g/mol. The van der Waals surface area contributed by atoms with Gasteiger partial charge in [-0.05, 0) is 62.2 Å². The first-order chi connectivity index (χ1) is 14.1. The van der Waals surface area contributed by atoms with Crippen LogP contribution >= 0.6 is 0 Å². The van der Waals surface area contributed by atoms with Crippen molar-refractivity contribution in [1.82, 2.24) is 9.55 Å². The van der Waals surface area contributed by atoms with Crippen molar-refractivity contribution in [2.45, 2.75) is 33.4 Å². The van der Waals surface area contributed by atoms with Crippen LogP contribution in [0.15, 0.2) is 72.8 Å². The first kappa shape index (κ1) is 19.1. The third-order valence-electron chi connectivity index (χ3n) is 5.02. The predicted octanol–water partition coefficient (Wildman–Crippen LogP) is 5.87. The van der Waals surface area contributed by atoms with Gasteiger partial charge in [0.2, 0.25) is 0 Å². The first-order valence-corrected chi connectivity index (χ1v) is 9.99. The summed E-state index contributed by atoms with van der Waals surface area (Å²) in [6.07, 6.45) is -0.175. The van der Waals surface area contributed by atoms with Crippen molar-refractivity contribution >= 4 is 11.0 Å². The fourth-order valence-electron chi connectivity index (χ4n) is 3.51. The van der Waals surface area contributed by atoms with Crippen molar-refractivity contribution < 1.29 is 9.47 Å². The van der Waals surface area contributed by atoms with Gasteiger partial charge < -0.3 is 14.0 Å². The molecule has 0 saturated carbocycles. The highest BCUT2D eigenvalue weighted by molar-refractivity contribution is 5.76. The van der Waals surface area contributed by atoms with Gasteiger partial charge in [-0.1, -0.05) is 42.5 Å². The zero-order valence-electron chi connectivity index (χ0n) is 17.1. The molecular weight excluding hydrogens is 360 g/mol. The second kappa shape index (κ2) is 8.39. The third kappa shape index (κ3) is 4.27. The molecule has 4 heteroatoms. The second-order valence-electron chi connectivity index (χ2n) is 7.30. The van der Waals surface area contributed by atoms with Gasteiger partial charge in [0, 0.05) is 0 Å². The van der Waals surface area contributed by atoms with E-state index < -0.39 is 0 Å². The van der Waals surface area contributed by atoms with E-state index in [0.29, 0.717) is 13.2 Å². The van der Waals surface area contributed by atoms with Crippen LogP contribution in [0.2, 0.25) is 0 Å². The fraction of sp³-hybridized carbons (Fsp3) is 0.240. The largest absolute Gasteiger partial charge is 0.491 e. The van der Waals surface area contributed by atoms with Crippen molar-refractivity contribution in [3.8, 4) is 11.5 Å². The Morgan fingerprint density at radius 2 is 1.69 bits per heavy atom. The molecule has 1 heterocycles. The molecule has 4 rings (SSSR count). The number of benzene rings is 3. The van der Waals surface area contributed by atoms with Crippen LogP contribution in [-0.4, -0.2) is 16.2 Å². The number of aryl methyl sites for hydroxylation is 2.